The Balaban J connectivity index is 1.31. The lowest BCUT2D eigenvalue weighted by molar-refractivity contribution is -0.0717. The summed E-state index contributed by atoms with van der Waals surface area (Å²) in [6, 6.07) is 0. The summed E-state index contributed by atoms with van der Waals surface area (Å²) in [7, 11) is 0. The van der Waals surface area contributed by atoms with Crippen molar-refractivity contribution in [3.8, 4) is 0 Å². The zero-order chi connectivity index (χ0) is 22.2. The van der Waals surface area contributed by atoms with Gasteiger partial charge < -0.3 is 10.2 Å². The van der Waals surface area contributed by atoms with Gasteiger partial charge in [0.2, 0.25) is 0 Å². The highest BCUT2D eigenvalue weighted by Crippen LogP contribution is 2.67. The molecule has 4 fully saturated rings. The molecule has 0 saturated heterocycles. The van der Waals surface area contributed by atoms with Gasteiger partial charge >= 0.3 is 0 Å². The van der Waals surface area contributed by atoms with E-state index in [0.29, 0.717) is 16.7 Å². The summed E-state index contributed by atoms with van der Waals surface area (Å²) in [4.78, 5) is 0. The number of rotatable bonds is 5. The lowest BCUT2D eigenvalue weighted by Gasteiger charge is -2.59. The standard InChI is InChI=1S/C29H48O2/c1-19(12-15-29(5,31)20-6-7-20)23-10-11-24-22-9-8-21-18-26(2,30)16-17-27(21,3)25(22)13-14-28(23,24)4/h8,19-20,22-25,30-31H,6-7,9-18H2,1-5H3/t19-,22+,23?,24+,25+,26+,27+,28-,29-/m1/s1. The monoisotopic (exact) mass is 428 g/mol. The quantitative estimate of drug-likeness (QED) is 0.468. The molecule has 0 radical (unpaired) electrons. The molecule has 2 heteroatoms. The number of fused-ring (bicyclic) bond motifs is 5. The van der Waals surface area contributed by atoms with E-state index < -0.39 is 11.2 Å². The Kier molecular flexibility index (Phi) is 5.31. The molecule has 0 aromatic carbocycles. The fourth-order valence-electron chi connectivity index (χ4n) is 9.41. The van der Waals surface area contributed by atoms with E-state index in [0.717, 1.165) is 48.9 Å². The zero-order valence-electron chi connectivity index (χ0n) is 20.9. The van der Waals surface area contributed by atoms with Gasteiger partial charge in [-0.15, -0.1) is 0 Å². The topological polar surface area (TPSA) is 40.5 Å². The van der Waals surface area contributed by atoms with E-state index in [-0.39, 0.29) is 0 Å². The number of allylic oxidation sites excluding steroid dienone is 1. The van der Waals surface area contributed by atoms with E-state index in [9.17, 15) is 10.2 Å². The Bertz CT molecular complexity index is 731. The summed E-state index contributed by atoms with van der Waals surface area (Å²) in [5, 5.41) is 21.5. The molecule has 5 rings (SSSR count). The maximum Gasteiger partial charge on any atom is 0.0657 e. The highest BCUT2D eigenvalue weighted by atomic mass is 16.3. The van der Waals surface area contributed by atoms with E-state index in [2.05, 4.69) is 33.8 Å². The van der Waals surface area contributed by atoms with Crippen molar-refractivity contribution in [2.75, 3.05) is 0 Å². The Morgan fingerprint density at radius 1 is 1.03 bits per heavy atom. The summed E-state index contributed by atoms with van der Waals surface area (Å²) in [5.41, 5.74) is 1.50. The lowest BCUT2D eigenvalue weighted by Crippen LogP contribution is -2.52. The lowest BCUT2D eigenvalue weighted by atomic mass is 9.46. The molecule has 0 spiro atoms. The Morgan fingerprint density at radius 3 is 2.48 bits per heavy atom. The highest BCUT2D eigenvalue weighted by molar-refractivity contribution is 5.26. The molecule has 2 N–H and O–H groups in total. The predicted octanol–water partition coefficient (Wildman–Crippen LogP) is 6.89. The Hall–Kier alpha value is -0.340. The second-order valence-corrected chi connectivity index (χ2v) is 13.8. The minimum absolute atomic E-state index is 0.332. The molecular weight excluding hydrogens is 380 g/mol. The Labute approximate surface area is 191 Å². The summed E-state index contributed by atoms with van der Waals surface area (Å²) in [5.74, 6) is 4.68. The van der Waals surface area contributed by atoms with Crippen LogP contribution in [0.5, 0.6) is 0 Å². The fraction of sp³-hybridized carbons (Fsp3) is 0.931. The highest BCUT2D eigenvalue weighted by Gasteiger charge is 2.59. The van der Waals surface area contributed by atoms with E-state index in [1.54, 1.807) is 5.57 Å². The van der Waals surface area contributed by atoms with Gasteiger partial charge in [0.1, 0.15) is 0 Å². The van der Waals surface area contributed by atoms with Crippen molar-refractivity contribution in [1.29, 1.82) is 0 Å². The van der Waals surface area contributed by atoms with E-state index >= 15 is 0 Å². The second-order valence-electron chi connectivity index (χ2n) is 13.8. The second kappa shape index (κ2) is 7.33. The van der Waals surface area contributed by atoms with Crippen LogP contribution in [0.2, 0.25) is 0 Å². The van der Waals surface area contributed by atoms with E-state index in [4.69, 9.17) is 0 Å². The fourth-order valence-corrected chi connectivity index (χ4v) is 9.41. The smallest absolute Gasteiger partial charge is 0.0657 e. The third-order valence-corrected chi connectivity index (χ3v) is 11.7. The molecule has 9 atom stereocenters. The summed E-state index contributed by atoms with van der Waals surface area (Å²) >= 11 is 0. The first-order valence-corrected chi connectivity index (χ1v) is 13.6. The zero-order valence-corrected chi connectivity index (χ0v) is 20.9. The van der Waals surface area contributed by atoms with E-state index in [1.165, 1.54) is 57.8 Å². The molecule has 0 amide bonds. The van der Waals surface area contributed by atoms with Gasteiger partial charge in [-0.2, -0.15) is 0 Å². The molecule has 5 aliphatic rings. The predicted molar refractivity (Wildman–Crippen MR) is 128 cm³/mol. The molecular formula is C29H48O2. The third-order valence-electron chi connectivity index (χ3n) is 11.7. The number of hydrogen-bond acceptors (Lipinski definition) is 2. The molecule has 31 heavy (non-hydrogen) atoms. The van der Waals surface area contributed by atoms with Crippen molar-refractivity contribution in [2.45, 2.75) is 123 Å². The van der Waals surface area contributed by atoms with Crippen LogP contribution in [0.15, 0.2) is 11.6 Å². The van der Waals surface area contributed by atoms with Crippen molar-refractivity contribution in [2.24, 2.45) is 46.3 Å². The van der Waals surface area contributed by atoms with Gasteiger partial charge in [-0.1, -0.05) is 32.4 Å². The molecule has 0 bridgehead atoms. The average Bonchev–Trinajstić information content (AvgIpc) is 3.49. The molecule has 176 valence electrons. The average molecular weight is 429 g/mol. The molecule has 1 unspecified atom stereocenters. The molecule has 0 aliphatic heterocycles. The van der Waals surface area contributed by atoms with Gasteiger partial charge in [0.05, 0.1) is 11.2 Å². The van der Waals surface area contributed by atoms with Gasteiger partial charge in [0.15, 0.2) is 0 Å². The van der Waals surface area contributed by atoms with Gasteiger partial charge in [-0.05, 0) is 137 Å². The normalized spacial score (nSPS) is 50.0. The third kappa shape index (κ3) is 3.67. The molecule has 5 aliphatic carbocycles. The van der Waals surface area contributed by atoms with Crippen LogP contribution in [-0.2, 0) is 0 Å². The van der Waals surface area contributed by atoms with Crippen molar-refractivity contribution >= 4 is 0 Å². The maximum atomic E-state index is 10.8. The minimum atomic E-state index is -0.489. The van der Waals surface area contributed by atoms with Gasteiger partial charge in [0, 0.05) is 0 Å². The molecule has 0 aromatic heterocycles. The largest absolute Gasteiger partial charge is 0.390 e. The van der Waals surface area contributed by atoms with Crippen LogP contribution in [0.4, 0.5) is 0 Å². The summed E-state index contributed by atoms with van der Waals surface area (Å²) in [6.45, 7) is 11.8. The minimum Gasteiger partial charge on any atom is -0.390 e. The van der Waals surface area contributed by atoms with Crippen LogP contribution in [-0.4, -0.2) is 21.4 Å². The van der Waals surface area contributed by atoms with Crippen molar-refractivity contribution in [3.63, 3.8) is 0 Å². The van der Waals surface area contributed by atoms with Gasteiger partial charge in [-0.3, -0.25) is 0 Å². The van der Waals surface area contributed by atoms with Crippen LogP contribution < -0.4 is 0 Å². The molecule has 4 saturated carbocycles. The first-order valence-electron chi connectivity index (χ1n) is 13.6. The molecule has 2 nitrogen and oxygen atoms in total. The molecule has 0 heterocycles. The summed E-state index contributed by atoms with van der Waals surface area (Å²) in [6.07, 6.45) is 17.1. The first-order chi connectivity index (χ1) is 14.5. The number of aliphatic hydroxyl groups is 2. The van der Waals surface area contributed by atoms with Crippen molar-refractivity contribution in [1.82, 2.24) is 0 Å². The Morgan fingerprint density at radius 2 is 1.77 bits per heavy atom. The maximum absolute atomic E-state index is 10.8. The summed E-state index contributed by atoms with van der Waals surface area (Å²) < 4.78 is 0. The van der Waals surface area contributed by atoms with Crippen LogP contribution in [0, 0.1) is 46.3 Å². The number of hydrogen-bond donors (Lipinski definition) is 2. The van der Waals surface area contributed by atoms with E-state index in [1.807, 2.05) is 6.92 Å². The van der Waals surface area contributed by atoms with Crippen LogP contribution in [0.25, 0.3) is 0 Å². The van der Waals surface area contributed by atoms with Gasteiger partial charge in [0.25, 0.3) is 0 Å². The van der Waals surface area contributed by atoms with Crippen molar-refractivity contribution < 1.29 is 10.2 Å². The van der Waals surface area contributed by atoms with Crippen LogP contribution in [0.3, 0.4) is 0 Å². The van der Waals surface area contributed by atoms with Gasteiger partial charge in [-0.25, -0.2) is 0 Å². The SMILES string of the molecule is C[C@H](CC[C@@](C)(O)C1CC1)C1CC[C@H]2[C@@H]3CC=C4C[C@@](C)(O)CC[C@]4(C)[C@H]3CC[C@]12C. The first kappa shape index (κ1) is 22.5. The van der Waals surface area contributed by atoms with Crippen LogP contribution in [0.1, 0.15) is 112 Å². The molecule has 0 aromatic rings. The van der Waals surface area contributed by atoms with Crippen LogP contribution >= 0.6 is 0 Å². The van der Waals surface area contributed by atoms with Crippen molar-refractivity contribution in [3.05, 3.63) is 11.6 Å².